The van der Waals surface area contributed by atoms with Gasteiger partial charge in [0.05, 0.1) is 0 Å². The van der Waals surface area contributed by atoms with Crippen LogP contribution in [0, 0.1) is 11.8 Å². The molecule has 0 bridgehead atoms. The Labute approximate surface area is 153 Å². The number of hydrogen-bond donors (Lipinski definition) is 0. The van der Waals surface area contributed by atoms with Crippen molar-refractivity contribution in [1.82, 2.24) is 0 Å². The molecule has 140 valence electrons. The van der Waals surface area contributed by atoms with Gasteiger partial charge in [-0.3, -0.25) is 0 Å². The molecule has 0 aliphatic rings. The van der Waals surface area contributed by atoms with Gasteiger partial charge in [-0.1, -0.05) is 106 Å². The van der Waals surface area contributed by atoms with Crippen LogP contribution in [0.5, 0.6) is 0 Å². The van der Waals surface area contributed by atoms with Gasteiger partial charge in [-0.2, -0.15) is 11.1 Å². The van der Waals surface area contributed by atoms with E-state index < -0.39 is 7.38 Å². The Morgan fingerprint density at radius 3 is 1.43 bits per heavy atom. The fourth-order valence-electron chi connectivity index (χ4n) is 3.75. The molecule has 0 aromatic heterocycles. The molecule has 0 saturated carbocycles. The summed E-state index contributed by atoms with van der Waals surface area (Å²) in [4.78, 5) is 0. The molecule has 0 N–H and O–H groups in total. The van der Waals surface area contributed by atoms with E-state index in [1.165, 1.54) is 69.9 Å². The molecule has 2 heteroatoms. The normalized spacial score (nSPS) is 17.7. The van der Waals surface area contributed by atoms with Gasteiger partial charge in [-0.15, -0.1) is 0 Å². The van der Waals surface area contributed by atoms with E-state index >= 15 is 0 Å². The highest BCUT2D eigenvalue weighted by Gasteiger charge is 2.46. The lowest BCUT2D eigenvalue weighted by atomic mass is 10.0. The molecule has 0 fully saturated rings. The Morgan fingerprint density at radius 1 is 0.783 bits per heavy atom. The van der Waals surface area contributed by atoms with Gasteiger partial charge < -0.3 is 0 Å². The Morgan fingerprint density at radius 2 is 1.17 bits per heavy atom. The van der Waals surface area contributed by atoms with Crippen LogP contribution in [0.2, 0.25) is 17.1 Å². The molecular formula is C21H45ClSi. The zero-order valence-corrected chi connectivity index (χ0v) is 19.1. The number of hydrogen-bond acceptors (Lipinski definition) is 0. The summed E-state index contributed by atoms with van der Waals surface area (Å²) in [6, 6.07) is 2.68. The quantitative estimate of drug-likeness (QED) is 0.214. The Hall–Kier alpha value is 0.507. The van der Waals surface area contributed by atoms with Gasteiger partial charge in [0, 0.05) is 0 Å². The van der Waals surface area contributed by atoms with Crippen LogP contribution in [0.25, 0.3) is 0 Å². The van der Waals surface area contributed by atoms with Crippen molar-refractivity contribution in [2.24, 2.45) is 11.8 Å². The molecular weight excluding hydrogens is 316 g/mol. The Bertz CT molecular complexity index is 270. The molecule has 0 spiro atoms. The second-order valence-corrected chi connectivity index (χ2v) is 14.7. The molecule has 0 aliphatic heterocycles. The molecule has 23 heavy (non-hydrogen) atoms. The first-order valence-corrected chi connectivity index (χ1v) is 13.9. The van der Waals surface area contributed by atoms with Gasteiger partial charge >= 0.3 is 0 Å². The van der Waals surface area contributed by atoms with Crippen molar-refractivity contribution in [3.8, 4) is 0 Å². The summed E-state index contributed by atoms with van der Waals surface area (Å²) in [5, 5.41) is 0.355. The molecule has 2 atom stereocenters. The lowest BCUT2D eigenvalue weighted by Crippen LogP contribution is -2.43. The molecule has 0 amide bonds. The molecule has 2 unspecified atom stereocenters. The van der Waals surface area contributed by atoms with Crippen molar-refractivity contribution in [1.29, 1.82) is 0 Å². The van der Waals surface area contributed by atoms with Gasteiger partial charge in [-0.05, 0) is 29.0 Å². The zero-order valence-electron chi connectivity index (χ0n) is 17.3. The topological polar surface area (TPSA) is 0 Å². The third-order valence-corrected chi connectivity index (χ3v) is 14.1. The van der Waals surface area contributed by atoms with Gasteiger partial charge in [0.1, 0.15) is 0 Å². The molecule has 0 aromatic carbocycles. The van der Waals surface area contributed by atoms with Crippen LogP contribution in [0.15, 0.2) is 0 Å². The number of rotatable bonds is 14. The maximum Gasteiger partial charge on any atom is 0.162 e. The first-order chi connectivity index (χ1) is 10.8. The zero-order chi connectivity index (χ0) is 17.9. The largest absolute Gasteiger partial charge is 0.166 e. The highest BCUT2D eigenvalue weighted by atomic mass is 35.6. The minimum Gasteiger partial charge on any atom is -0.166 e. The van der Waals surface area contributed by atoms with E-state index in [1.54, 1.807) is 0 Å². The van der Waals surface area contributed by atoms with Crippen molar-refractivity contribution < 1.29 is 0 Å². The van der Waals surface area contributed by atoms with Gasteiger partial charge in [-0.25, -0.2) is 0 Å². The molecule has 0 heterocycles. The number of unbranched alkanes of at least 4 members (excludes halogenated alkanes) is 2. The monoisotopic (exact) mass is 360 g/mol. The average Bonchev–Trinajstić information content (AvgIpc) is 2.54. The highest BCUT2D eigenvalue weighted by molar-refractivity contribution is 7.22. The second kappa shape index (κ2) is 12.0. The van der Waals surface area contributed by atoms with E-state index in [0.717, 1.165) is 11.8 Å². The fraction of sp³-hybridized carbons (Fsp3) is 1.00. The smallest absolute Gasteiger partial charge is 0.162 e. The van der Waals surface area contributed by atoms with Crippen LogP contribution in [0.1, 0.15) is 106 Å². The summed E-state index contributed by atoms with van der Waals surface area (Å²) in [6.07, 6.45) is 12.0. The standard InChI is InChI=1S/C21H45ClSi/c1-8-13-15-19(10-3)17-23(22,21(6,7)12-5)18-20(11-4)16-14-9-2/h19-20H,8-18H2,1-7H3. The van der Waals surface area contributed by atoms with Gasteiger partial charge in [0.25, 0.3) is 0 Å². The summed E-state index contributed by atoms with van der Waals surface area (Å²) in [7, 11) is -1.77. The molecule has 0 saturated heterocycles. The first-order valence-electron chi connectivity index (χ1n) is 10.5. The SMILES string of the molecule is CCCCC(CC)C[Si](Cl)(CC(CC)CCCC)C(C)(C)CC. The van der Waals surface area contributed by atoms with Gasteiger partial charge in [0.15, 0.2) is 7.38 Å². The molecule has 0 aliphatic carbocycles. The molecule has 0 aromatic rings. The first kappa shape index (κ1) is 23.5. The van der Waals surface area contributed by atoms with Crippen molar-refractivity contribution >= 4 is 18.5 Å². The third-order valence-electron chi connectivity index (χ3n) is 6.41. The van der Waals surface area contributed by atoms with Crippen molar-refractivity contribution in [2.45, 2.75) is 123 Å². The Kier molecular flexibility index (Phi) is 12.2. The van der Waals surface area contributed by atoms with Crippen molar-refractivity contribution in [2.75, 3.05) is 0 Å². The number of halogens is 1. The van der Waals surface area contributed by atoms with E-state index in [2.05, 4.69) is 48.5 Å². The molecule has 0 rings (SSSR count). The van der Waals surface area contributed by atoms with Crippen LogP contribution in [0.4, 0.5) is 0 Å². The minimum absolute atomic E-state index is 0.355. The summed E-state index contributed by atoms with van der Waals surface area (Å²) in [5.41, 5.74) is 0. The van der Waals surface area contributed by atoms with Gasteiger partial charge in [0.2, 0.25) is 0 Å². The summed E-state index contributed by atoms with van der Waals surface area (Å²) in [5.74, 6) is 1.71. The van der Waals surface area contributed by atoms with Crippen LogP contribution in [-0.4, -0.2) is 7.38 Å². The third kappa shape index (κ3) is 7.95. The van der Waals surface area contributed by atoms with E-state index in [4.69, 9.17) is 11.1 Å². The molecule has 0 nitrogen and oxygen atoms in total. The summed E-state index contributed by atoms with van der Waals surface area (Å²) < 4.78 is 0. The van der Waals surface area contributed by atoms with Crippen LogP contribution in [-0.2, 0) is 0 Å². The summed E-state index contributed by atoms with van der Waals surface area (Å²) in [6.45, 7) is 16.7. The van der Waals surface area contributed by atoms with Crippen molar-refractivity contribution in [3.05, 3.63) is 0 Å². The van der Waals surface area contributed by atoms with Crippen LogP contribution < -0.4 is 0 Å². The maximum atomic E-state index is 7.57. The predicted molar refractivity (Wildman–Crippen MR) is 112 cm³/mol. The van der Waals surface area contributed by atoms with E-state index in [0.29, 0.717) is 5.04 Å². The Balaban J connectivity index is 5.14. The minimum atomic E-state index is -1.77. The lowest BCUT2D eigenvalue weighted by molar-refractivity contribution is 0.453. The molecule has 0 radical (unpaired) electrons. The lowest BCUT2D eigenvalue weighted by Gasteiger charge is -2.43. The van der Waals surface area contributed by atoms with E-state index in [1.807, 2.05) is 0 Å². The van der Waals surface area contributed by atoms with E-state index in [-0.39, 0.29) is 0 Å². The fourth-order valence-corrected chi connectivity index (χ4v) is 10.2. The van der Waals surface area contributed by atoms with E-state index in [9.17, 15) is 0 Å². The van der Waals surface area contributed by atoms with Crippen molar-refractivity contribution in [3.63, 3.8) is 0 Å². The highest BCUT2D eigenvalue weighted by Crippen LogP contribution is 2.51. The predicted octanol–water partition coefficient (Wildman–Crippen LogP) is 8.79. The van der Waals surface area contributed by atoms with Crippen LogP contribution >= 0.6 is 11.1 Å². The average molecular weight is 361 g/mol. The van der Waals surface area contributed by atoms with Crippen LogP contribution in [0.3, 0.4) is 0 Å². The maximum absolute atomic E-state index is 7.57. The second-order valence-electron chi connectivity index (χ2n) is 8.44. The summed E-state index contributed by atoms with van der Waals surface area (Å²) >= 11 is 7.57.